The van der Waals surface area contributed by atoms with Crippen LogP contribution in [0.25, 0.3) is 11.3 Å². The zero-order valence-corrected chi connectivity index (χ0v) is 19.1. The summed E-state index contributed by atoms with van der Waals surface area (Å²) < 4.78 is 24.9. The molecule has 3 aromatic rings. The van der Waals surface area contributed by atoms with Gasteiger partial charge in [0.05, 0.1) is 37.6 Å². The van der Waals surface area contributed by atoms with Crippen molar-refractivity contribution in [1.29, 1.82) is 0 Å². The van der Waals surface area contributed by atoms with E-state index >= 15 is 0 Å². The average Bonchev–Trinajstić information content (AvgIpc) is 2.68. The molecule has 1 amide bonds. The summed E-state index contributed by atoms with van der Waals surface area (Å²) in [6, 6.07) is 14.2. The maximum Gasteiger partial charge on any atom is 0.257 e. The van der Waals surface area contributed by atoms with Gasteiger partial charge in [-0.05, 0) is 62.4 Å². The van der Waals surface area contributed by atoms with Crippen molar-refractivity contribution in [1.82, 2.24) is 4.98 Å². The van der Waals surface area contributed by atoms with E-state index in [1.807, 2.05) is 6.07 Å². The lowest BCUT2D eigenvalue weighted by molar-refractivity contribution is 0.102. The van der Waals surface area contributed by atoms with Crippen molar-refractivity contribution >= 4 is 44.6 Å². The summed E-state index contributed by atoms with van der Waals surface area (Å²) in [4.78, 5) is 16.9. The van der Waals surface area contributed by atoms with Crippen LogP contribution in [0.1, 0.15) is 24.2 Å². The van der Waals surface area contributed by atoms with Crippen molar-refractivity contribution in [2.45, 2.75) is 24.3 Å². The molecule has 0 aliphatic carbocycles. The number of benzene rings is 2. The Bertz CT molecular complexity index is 1220. The number of halogens is 2. The van der Waals surface area contributed by atoms with Gasteiger partial charge in [-0.1, -0.05) is 29.3 Å². The van der Waals surface area contributed by atoms with Crippen LogP contribution in [0.15, 0.2) is 65.7 Å². The van der Waals surface area contributed by atoms with Crippen molar-refractivity contribution in [3.05, 3.63) is 76.4 Å². The van der Waals surface area contributed by atoms with Crippen LogP contribution in [0, 0.1) is 0 Å². The molecule has 0 saturated carbocycles. The van der Waals surface area contributed by atoms with Crippen molar-refractivity contribution in [3.63, 3.8) is 0 Å². The first-order valence-corrected chi connectivity index (χ1v) is 11.6. The Morgan fingerprint density at radius 2 is 1.81 bits per heavy atom. The van der Waals surface area contributed by atoms with E-state index in [-0.39, 0.29) is 15.5 Å². The number of pyridine rings is 1. The second-order valence-corrected chi connectivity index (χ2v) is 10.4. The fourth-order valence-electron chi connectivity index (χ4n) is 2.94. The van der Waals surface area contributed by atoms with E-state index in [1.54, 1.807) is 36.5 Å². The first-order chi connectivity index (χ1) is 14.5. The summed E-state index contributed by atoms with van der Waals surface area (Å²) in [7, 11) is -3.77. The van der Waals surface area contributed by atoms with Crippen LogP contribution in [0.3, 0.4) is 0 Å². The van der Waals surface area contributed by atoms with Crippen LogP contribution in [-0.2, 0) is 9.84 Å². The number of anilines is 1. The van der Waals surface area contributed by atoms with Gasteiger partial charge in [0.2, 0.25) is 0 Å². The highest BCUT2D eigenvalue weighted by molar-refractivity contribution is 7.91. The van der Waals surface area contributed by atoms with Gasteiger partial charge in [0, 0.05) is 17.4 Å². The molecule has 162 valence electrons. The summed E-state index contributed by atoms with van der Waals surface area (Å²) >= 11 is 12.5. The number of aromatic nitrogens is 1. The molecule has 2 aromatic carbocycles. The molecule has 0 aliphatic heterocycles. The number of amides is 1. The Kier molecular flexibility index (Phi) is 6.71. The smallest absolute Gasteiger partial charge is 0.257 e. The van der Waals surface area contributed by atoms with Crippen LogP contribution in [0.2, 0.25) is 10.0 Å². The number of nitrogens with one attached hydrogen (secondary N) is 1. The molecule has 3 rings (SSSR count). The summed E-state index contributed by atoms with van der Waals surface area (Å²) in [5, 5.41) is 13.0. The number of rotatable bonds is 6. The highest BCUT2D eigenvalue weighted by Crippen LogP contribution is 2.30. The van der Waals surface area contributed by atoms with E-state index in [0.717, 1.165) is 0 Å². The molecule has 0 unspecified atom stereocenters. The third kappa shape index (κ3) is 5.83. The van der Waals surface area contributed by atoms with Gasteiger partial charge in [0.15, 0.2) is 9.84 Å². The Labute approximate surface area is 190 Å². The number of carbonyl (C=O) groups is 1. The van der Waals surface area contributed by atoms with Gasteiger partial charge in [-0.3, -0.25) is 9.78 Å². The van der Waals surface area contributed by atoms with Gasteiger partial charge in [0.1, 0.15) is 0 Å². The number of aliphatic hydroxyl groups is 1. The maximum atomic E-state index is 12.7. The van der Waals surface area contributed by atoms with E-state index in [0.29, 0.717) is 22.0 Å². The highest BCUT2D eigenvalue weighted by atomic mass is 35.5. The van der Waals surface area contributed by atoms with Crippen molar-refractivity contribution < 1.29 is 18.3 Å². The highest BCUT2D eigenvalue weighted by Gasteiger charge is 2.26. The van der Waals surface area contributed by atoms with Gasteiger partial charge in [-0.15, -0.1) is 0 Å². The normalized spacial score (nSPS) is 11.9. The maximum absolute atomic E-state index is 12.7. The summed E-state index contributed by atoms with van der Waals surface area (Å²) in [6.45, 7) is 2.80. The van der Waals surface area contributed by atoms with E-state index in [2.05, 4.69) is 10.3 Å². The van der Waals surface area contributed by atoms with Gasteiger partial charge in [-0.2, -0.15) is 0 Å². The molecule has 9 heteroatoms. The molecule has 1 heterocycles. The lowest BCUT2D eigenvalue weighted by Gasteiger charge is -2.17. The molecular formula is C22H20Cl2N2O4S. The van der Waals surface area contributed by atoms with Gasteiger partial charge in [0.25, 0.3) is 5.91 Å². The lowest BCUT2D eigenvalue weighted by atomic mass is 10.1. The average molecular weight is 479 g/mol. The molecule has 0 fully saturated rings. The molecule has 0 spiro atoms. The molecule has 0 bridgehead atoms. The van der Waals surface area contributed by atoms with E-state index in [4.69, 9.17) is 23.2 Å². The van der Waals surface area contributed by atoms with E-state index < -0.39 is 27.1 Å². The van der Waals surface area contributed by atoms with Crippen molar-refractivity contribution in [2.75, 3.05) is 11.1 Å². The molecule has 6 nitrogen and oxygen atoms in total. The molecule has 1 aromatic heterocycles. The monoisotopic (exact) mass is 478 g/mol. The quantitative estimate of drug-likeness (QED) is 0.527. The van der Waals surface area contributed by atoms with Crippen LogP contribution in [0.5, 0.6) is 0 Å². The first kappa shape index (κ1) is 23.2. The second kappa shape index (κ2) is 8.96. The predicted octanol–water partition coefficient (Wildman–Crippen LogP) is 4.85. The fourth-order valence-corrected chi connectivity index (χ4v) is 5.16. The minimum atomic E-state index is -3.77. The first-order valence-electron chi connectivity index (χ1n) is 9.23. The summed E-state index contributed by atoms with van der Waals surface area (Å²) in [5.74, 6) is -0.978. The third-order valence-corrected chi connectivity index (χ3v) is 6.95. The van der Waals surface area contributed by atoms with Crippen LogP contribution >= 0.6 is 23.2 Å². The Morgan fingerprint density at radius 3 is 2.42 bits per heavy atom. The number of hydrogen-bond acceptors (Lipinski definition) is 5. The van der Waals surface area contributed by atoms with Crippen molar-refractivity contribution in [2.24, 2.45) is 0 Å². The molecule has 0 radical (unpaired) electrons. The Balaban J connectivity index is 1.85. The molecule has 31 heavy (non-hydrogen) atoms. The third-order valence-electron chi connectivity index (χ3n) is 4.25. The Hall–Kier alpha value is -2.45. The zero-order chi connectivity index (χ0) is 22.8. The summed E-state index contributed by atoms with van der Waals surface area (Å²) in [6.07, 6.45) is 1.64. The molecular weight excluding hydrogens is 459 g/mol. The van der Waals surface area contributed by atoms with Crippen LogP contribution in [-0.4, -0.2) is 35.8 Å². The van der Waals surface area contributed by atoms with Gasteiger partial charge < -0.3 is 10.4 Å². The lowest BCUT2D eigenvalue weighted by Crippen LogP contribution is -2.30. The van der Waals surface area contributed by atoms with Gasteiger partial charge in [-0.25, -0.2) is 8.42 Å². The van der Waals surface area contributed by atoms with Crippen LogP contribution < -0.4 is 5.32 Å². The summed E-state index contributed by atoms with van der Waals surface area (Å²) in [5.41, 5.74) is 0.492. The number of hydrogen-bond donors (Lipinski definition) is 2. The number of nitrogens with zero attached hydrogens (tertiary/aromatic N) is 1. The predicted molar refractivity (Wildman–Crippen MR) is 122 cm³/mol. The minimum Gasteiger partial charge on any atom is -0.389 e. The van der Waals surface area contributed by atoms with Crippen molar-refractivity contribution in [3.8, 4) is 11.3 Å². The van der Waals surface area contributed by atoms with E-state index in [1.165, 1.54) is 32.0 Å². The molecule has 0 aliphatic rings. The number of carbonyl (C=O) groups excluding carboxylic acids is 1. The molecule has 2 N–H and O–H groups in total. The molecule has 0 saturated heterocycles. The zero-order valence-electron chi connectivity index (χ0n) is 16.8. The largest absolute Gasteiger partial charge is 0.389 e. The molecule has 0 atom stereocenters. The standard InChI is InChI=1S/C22H20Cl2N2O4S/c1-22(2,28)13-31(29,30)15-7-8-16(19(24)12-15)21(27)26-14-6-9-18(23)17(11-14)20-5-3-4-10-25-20/h3-12,28H,13H2,1-2H3,(H,26,27). The Morgan fingerprint density at radius 1 is 1.06 bits per heavy atom. The number of sulfone groups is 1. The second-order valence-electron chi connectivity index (χ2n) is 7.58. The van der Waals surface area contributed by atoms with E-state index in [9.17, 15) is 18.3 Å². The SMILES string of the molecule is CC(C)(O)CS(=O)(=O)c1ccc(C(=O)Nc2ccc(Cl)c(-c3ccccn3)c2)c(Cl)c1. The fraction of sp³-hybridized carbons (Fsp3) is 0.182. The van der Waals surface area contributed by atoms with Crippen LogP contribution in [0.4, 0.5) is 5.69 Å². The van der Waals surface area contributed by atoms with Gasteiger partial charge >= 0.3 is 0 Å². The topological polar surface area (TPSA) is 96.4 Å². The minimum absolute atomic E-state index is 0.0202.